The first-order valence-corrected chi connectivity index (χ1v) is 10.2. The summed E-state index contributed by atoms with van der Waals surface area (Å²) in [6.07, 6.45) is -1.97. The number of aryl methyl sites for hydroxylation is 1. The van der Waals surface area contributed by atoms with E-state index in [0.29, 0.717) is 17.4 Å². The lowest BCUT2D eigenvalue weighted by molar-refractivity contribution is -0.137. The number of rotatable bonds is 6. The van der Waals surface area contributed by atoms with Crippen LogP contribution in [0.1, 0.15) is 30.4 Å². The maximum atomic E-state index is 12.9. The molecule has 1 saturated heterocycles. The Morgan fingerprint density at radius 3 is 2.43 bits per heavy atom. The fourth-order valence-corrected chi connectivity index (χ4v) is 3.76. The topological polar surface area (TPSA) is 41.6 Å². The second kappa shape index (κ2) is 9.71. The molecule has 0 saturated carbocycles. The predicted octanol–water partition coefficient (Wildman–Crippen LogP) is 5.55. The van der Waals surface area contributed by atoms with E-state index in [1.165, 1.54) is 12.1 Å². The molecule has 0 bridgehead atoms. The Balaban J connectivity index is 1.52. The summed E-state index contributed by atoms with van der Waals surface area (Å²) in [6, 6.07) is 11.3. The van der Waals surface area contributed by atoms with Gasteiger partial charge in [-0.3, -0.25) is 4.79 Å². The molecule has 0 spiro atoms. The number of anilines is 2. The van der Waals surface area contributed by atoms with E-state index in [0.717, 1.165) is 37.7 Å². The number of hydrogen-bond acceptors (Lipinski definition) is 3. The predicted molar refractivity (Wildman–Crippen MR) is 112 cm³/mol. The van der Waals surface area contributed by atoms with Crippen LogP contribution < -0.4 is 10.2 Å². The van der Waals surface area contributed by atoms with Gasteiger partial charge in [-0.15, -0.1) is 0 Å². The number of amides is 1. The highest BCUT2D eigenvalue weighted by Gasteiger charge is 2.33. The van der Waals surface area contributed by atoms with Crippen molar-refractivity contribution in [2.45, 2.75) is 38.0 Å². The smallest absolute Gasteiger partial charge is 0.381 e. The minimum Gasteiger partial charge on any atom is -0.381 e. The van der Waals surface area contributed by atoms with Gasteiger partial charge >= 0.3 is 6.18 Å². The van der Waals surface area contributed by atoms with Gasteiger partial charge in [-0.25, -0.2) is 0 Å². The summed E-state index contributed by atoms with van der Waals surface area (Å²) in [6.45, 7) is 1.84. The van der Waals surface area contributed by atoms with E-state index in [2.05, 4.69) is 10.2 Å². The summed E-state index contributed by atoms with van der Waals surface area (Å²) < 4.78 is 44.2. The van der Waals surface area contributed by atoms with E-state index in [1.54, 1.807) is 7.11 Å². The van der Waals surface area contributed by atoms with Crippen LogP contribution in [-0.4, -0.2) is 32.2 Å². The van der Waals surface area contributed by atoms with E-state index in [1.807, 2.05) is 24.3 Å². The number of hydrogen-bond donors (Lipinski definition) is 1. The number of alkyl halides is 3. The van der Waals surface area contributed by atoms with Gasteiger partial charge in [0.15, 0.2) is 0 Å². The summed E-state index contributed by atoms with van der Waals surface area (Å²) in [7, 11) is 1.74. The van der Waals surface area contributed by atoms with Gasteiger partial charge < -0.3 is 15.0 Å². The van der Waals surface area contributed by atoms with Crippen molar-refractivity contribution >= 4 is 28.9 Å². The number of carbonyl (C=O) groups excluding carboxylic acids is 1. The molecule has 1 aliphatic heterocycles. The van der Waals surface area contributed by atoms with Crippen LogP contribution in [0, 0.1) is 0 Å². The zero-order valence-corrected chi connectivity index (χ0v) is 17.4. The van der Waals surface area contributed by atoms with Crippen LogP contribution in [0.2, 0.25) is 5.02 Å². The molecular formula is C22H24ClF3N2O2. The molecule has 1 aliphatic rings. The fraction of sp³-hybridized carbons (Fsp3) is 0.409. The molecule has 162 valence electrons. The van der Waals surface area contributed by atoms with Crippen molar-refractivity contribution in [1.29, 1.82) is 0 Å². The van der Waals surface area contributed by atoms with Gasteiger partial charge in [-0.2, -0.15) is 13.2 Å². The minimum atomic E-state index is -4.52. The van der Waals surface area contributed by atoms with Crippen LogP contribution in [-0.2, 0) is 22.1 Å². The largest absolute Gasteiger partial charge is 0.417 e. The average Bonchev–Trinajstić information content (AvgIpc) is 2.73. The third-order valence-corrected chi connectivity index (χ3v) is 5.60. The van der Waals surface area contributed by atoms with Crippen molar-refractivity contribution < 1.29 is 22.7 Å². The normalized spacial score (nSPS) is 15.3. The summed E-state index contributed by atoms with van der Waals surface area (Å²) in [4.78, 5) is 14.5. The van der Waals surface area contributed by atoms with Gasteiger partial charge in [0.1, 0.15) is 0 Å². The Morgan fingerprint density at radius 2 is 1.83 bits per heavy atom. The summed E-state index contributed by atoms with van der Waals surface area (Å²) in [5.41, 5.74) is 1.27. The molecule has 3 rings (SSSR count). The third-order valence-electron chi connectivity index (χ3n) is 5.27. The molecule has 2 aromatic rings. The first kappa shape index (κ1) is 22.4. The SMILES string of the molecule is COC1CCN(c2ccc(NC(=O)CCc3ccc(Cl)c(C(F)(F)F)c3)cc2)CC1. The lowest BCUT2D eigenvalue weighted by atomic mass is 10.1. The number of nitrogens with one attached hydrogen (secondary N) is 1. The minimum absolute atomic E-state index is 0.0746. The van der Waals surface area contributed by atoms with Crippen molar-refractivity contribution in [2.24, 2.45) is 0 Å². The second-order valence-electron chi connectivity index (χ2n) is 7.33. The van der Waals surface area contributed by atoms with Gasteiger partial charge in [0.25, 0.3) is 0 Å². The monoisotopic (exact) mass is 440 g/mol. The maximum Gasteiger partial charge on any atom is 0.417 e. The third kappa shape index (κ3) is 5.89. The van der Waals surface area contributed by atoms with Crippen LogP contribution in [0.3, 0.4) is 0 Å². The van der Waals surface area contributed by atoms with E-state index >= 15 is 0 Å². The molecule has 1 amide bonds. The van der Waals surface area contributed by atoms with E-state index in [9.17, 15) is 18.0 Å². The molecule has 0 atom stereocenters. The quantitative estimate of drug-likeness (QED) is 0.640. The first-order valence-electron chi connectivity index (χ1n) is 9.79. The van der Waals surface area contributed by atoms with Gasteiger partial charge in [-0.1, -0.05) is 17.7 Å². The lowest BCUT2D eigenvalue weighted by Crippen LogP contribution is -2.36. The Labute approximate surface area is 179 Å². The molecule has 1 fully saturated rings. The summed E-state index contributed by atoms with van der Waals surface area (Å²) in [5, 5.41) is 2.44. The molecule has 1 heterocycles. The van der Waals surface area contributed by atoms with Gasteiger partial charge in [0.05, 0.1) is 16.7 Å². The molecule has 8 heteroatoms. The zero-order chi connectivity index (χ0) is 21.7. The lowest BCUT2D eigenvalue weighted by Gasteiger charge is -2.33. The molecular weight excluding hydrogens is 417 g/mol. The molecule has 2 aromatic carbocycles. The molecule has 4 nitrogen and oxygen atoms in total. The van der Waals surface area contributed by atoms with Crippen LogP contribution in [0.15, 0.2) is 42.5 Å². The van der Waals surface area contributed by atoms with Gasteiger partial charge in [0, 0.05) is 38.0 Å². The highest BCUT2D eigenvalue weighted by Crippen LogP contribution is 2.35. The standard InChI is InChI=1S/C22H24ClF3N2O2/c1-30-18-10-12-28(13-11-18)17-6-4-16(5-7-17)27-21(29)9-3-15-2-8-20(23)19(14-15)22(24,25)26/h2,4-8,14,18H,3,9-13H2,1H3,(H,27,29). The van der Waals surface area contributed by atoms with Crippen LogP contribution in [0.25, 0.3) is 0 Å². The van der Waals surface area contributed by atoms with E-state index in [-0.39, 0.29) is 23.8 Å². The van der Waals surface area contributed by atoms with Crippen molar-refractivity contribution in [3.8, 4) is 0 Å². The van der Waals surface area contributed by atoms with Crippen molar-refractivity contribution in [1.82, 2.24) is 0 Å². The Morgan fingerprint density at radius 1 is 1.17 bits per heavy atom. The molecule has 0 unspecified atom stereocenters. The van der Waals surface area contributed by atoms with Crippen molar-refractivity contribution in [3.63, 3.8) is 0 Å². The molecule has 1 N–H and O–H groups in total. The Hall–Kier alpha value is -2.25. The number of piperidine rings is 1. The Bertz CT molecular complexity index is 864. The molecule has 30 heavy (non-hydrogen) atoms. The summed E-state index contributed by atoms with van der Waals surface area (Å²) >= 11 is 5.63. The number of nitrogens with zero attached hydrogens (tertiary/aromatic N) is 1. The van der Waals surface area contributed by atoms with Crippen molar-refractivity contribution in [2.75, 3.05) is 30.4 Å². The number of carbonyl (C=O) groups is 1. The van der Waals surface area contributed by atoms with E-state index < -0.39 is 11.7 Å². The fourth-order valence-electron chi connectivity index (χ4n) is 3.53. The highest BCUT2D eigenvalue weighted by atomic mass is 35.5. The number of halogens is 4. The van der Waals surface area contributed by atoms with Gasteiger partial charge in [0.2, 0.25) is 5.91 Å². The average molecular weight is 441 g/mol. The first-order chi connectivity index (χ1) is 14.3. The van der Waals surface area contributed by atoms with E-state index in [4.69, 9.17) is 16.3 Å². The number of methoxy groups -OCH3 is 1. The highest BCUT2D eigenvalue weighted by molar-refractivity contribution is 6.31. The molecule has 0 aliphatic carbocycles. The van der Waals surface area contributed by atoms with Crippen LogP contribution >= 0.6 is 11.6 Å². The van der Waals surface area contributed by atoms with Crippen LogP contribution in [0.5, 0.6) is 0 Å². The zero-order valence-electron chi connectivity index (χ0n) is 16.6. The summed E-state index contributed by atoms with van der Waals surface area (Å²) in [5.74, 6) is -0.257. The second-order valence-corrected chi connectivity index (χ2v) is 7.74. The molecule has 0 aromatic heterocycles. The Kier molecular flexibility index (Phi) is 7.26. The van der Waals surface area contributed by atoms with Crippen LogP contribution in [0.4, 0.5) is 24.5 Å². The number of benzene rings is 2. The van der Waals surface area contributed by atoms with Crippen molar-refractivity contribution in [3.05, 3.63) is 58.6 Å². The number of ether oxygens (including phenoxy) is 1. The molecule has 0 radical (unpaired) electrons. The maximum absolute atomic E-state index is 12.9. The van der Waals surface area contributed by atoms with Gasteiger partial charge in [-0.05, 0) is 61.2 Å².